The number of ether oxygens (including phenoxy) is 1. The number of nitrogen functional groups attached to an aromatic ring is 1. The van der Waals surface area contributed by atoms with Crippen molar-refractivity contribution in [3.05, 3.63) is 22.2 Å². The Hall–Kier alpha value is -1.37. The van der Waals surface area contributed by atoms with E-state index in [2.05, 4.69) is 9.51 Å². The van der Waals surface area contributed by atoms with Crippen LogP contribution >= 0.6 is 7.82 Å². The Morgan fingerprint density at radius 3 is 2.87 bits per heavy atom. The molecular weight excluding hydrogens is 333 g/mol. The number of nitrogens with zero attached hydrogens (tertiary/aromatic N) is 2. The van der Waals surface area contributed by atoms with E-state index >= 15 is 0 Å². The largest absolute Gasteiger partial charge is 0.790 e. The lowest BCUT2D eigenvalue weighted by molar-refractivity contribution is -0.343. The highest BCUT2D eigenvalue weighted by Crippen LogP contribution is 2.32. The Bertz CT molecular complexity index is 724. The van der Waals surface area contributed by atoms with E-state index in [1.807, 2.05) is 0 Å². The maximum absolute atomic E-state index is 11.9. The minimum atomic E-state index is -5.25. The molecule has 1 aliphatic heterocycles. The molecule has 1 aromatic heterocycles. The number of phosphoric ester groups is 1. The van der Waals surface area contributed by atoms with Gasteiger partial charge in [-0.2, -0.15) is 4.98 Å². The number of anilines is 1. The fraction of sp³-hybridized carbons (Fsp3) is 0.600. The number of aliphatic hydroxyl groups excluding tert-OH is 1. The molecule has 12 nitrogen and oxygen atoms in total. The molecule has 0 bridgehead atoms. The molecule has 0 amide bonds. The predicted octanol–water partition coefficient (Wildman–Crippen LogP) is -1.62. The van der Waals surface area contributed by atoms with E-state index in [-0.39, 0.29) is 24.3 Å². The maximum Gasteiger partial charge on any atom is 0.351 e. The van der Waals surface area contributed by atoms with Gasteiger partial charge in [-0.25, -0.2) is 4.79 Å². The van der Waals surface area contributed by atoms with Crippen molar-refractivity contribution in [3.8, 4) is 0 Å². The molecule has 0 unspecified atom stereocenters. The number of quaternary nitrogens is 2. The second-order valence-electron chi connectivity index (χ2n) is 4.40. The summed E-state index contributed by atoms with van der Waals surface area (Å²) in [6.07, 6.45) is -2.76. The summed E-state index contributed by atoms with van der Waals surface area (Å²) in [6.45, 7) is -3.35. The summed E-state index contributed by atoms with van der Waals surface area (Å²) in [4.78, 5) is 36.2. The molecule has 23 heavy (non-hydrogen) atoms. The van der Waals surface area contributed by atoms with Crippen LogP contribution in [-0.4, -0.2) is 33.5 Å². The van der Waals surface area contributed by atoms with E-state index in [9.17, 15) is 24.3 Å². The van der Waals surface area contributed by atoms with Crippen LogP contribution in [0.2, 0.25) is 0 Å². The van der Waals surface area contributed by atoms with Crippen LogP contribution < -0.4 is 33.5 Å². The molecule has 1 saturated heterocycles. The molecule has 11 N–H and O–H groups in total. The summed E-state index contributed by atoms with van der Waals surface area (Å²) < 4.78 is 42.7. The molecule has 2 heterocycles. The Morgan fingerprint density at radius 2 is 2.30 bits per heavy atom. The molecule has 134 valence electrons. The van der Waals surface area contributed by atoms with Crippen LogP contribution in [0, 0.1) is 6.85 Å². The second-order valence-corrected chi connectivity index (χ2v) is 5.56. The molecule has 2 rings (SSSR count). The van der Waals surface area contributed by atoms with Crippen LogP contribution in [0.5, 0.6) is 0 Å². The molecule has 0 aliphatic carbocycles. The first-order chi connectivity index (χ1) is 10.9. The minimum absolute atomic E-state index is 0. The zero-order valence-corrected chi connectivity index (χ0v) is 13.4. The fourth-order valence-electron chi connectivity index (χ4n) is 1.89. The number of aliphatic hydroxyl groups is 1. The predicted molar refractivity (Wildman–Crippen MR) is 77.7 cm³/mol. The maximum atomic E-state index is 11.9. The number of aryl methyl sites for hydroxylation is 1. The van der Waals surface area contributed by atoms with Crippen LogP contribution in [0.25, 0.3) is 0 Å². The van der Waals surface area contributed by atoms with Crippen molar-refractivity contribution in [2.45, 2.75) is 31.7 Å². The van der Waals surface area contributed by atoms with Gasteiger partial charge in [0.25, 0.3) is 0 Å². The third-order valence-electron chi connectivity index (χ3n) is 2.89. The lowest BCUT2D eigenvalue weighted by atomic mass is 10.2. The Morgan fingerprint density at radius 1 is 1.65 bits per heavy atom. The third kappa shape index (κ3) is 5.34. The Labute approximate surface area is 135 Å². The smallest absolute Gasteiger partial charge is 0.351 e. The first kappa shape index (κ1) is 16.5. The molecule has 1 fully saturated rings. The van der Waals surface area contributed by atoms with Crippen molar-refractivity contribution in [2.75, 3.05) is 12.3 Å². The minimum Gasteiger partial charge on any atom is -0.790 e. The van der Waals surface area contributed by atoms with Gasteiger partial charge < -0.3 is 46.8 Å². The van der Waals surface area contributed by atoms with Crippen LogP contribution in [0.15, 0.2) is 11.0 Å². The van der Waals surface area contributed by atoms with Crippen molar-refractivity contribution < 1.29 is 32.8 Å². The van der Waals surface area contributed by atoms with E-state index in [0.717, 1.165) is 10.8 Å². The molecule has 13 heteroatoms. The number of phosphoric acid groups is 1. The number of nitrogens with two attached hydrogens (primary N) is 1. The molecular formula is C10H22N5O7P. The quantitative estimate of drug-likeness (QED) is 0.450. The first-order valence-electron chi connectivity index (χ1n) is 7.28. The van der Waals surface area contributed by atoms with Crippen molar-refractivity contribution >= 4 is 13.6 Å². The number of hydrogen-bond acceptors (Lipinski definition) is 9. The van der Waals surface area contributed by atoms with E-state index in [1.165, 1.54) is 0 Å². The topological polar surface area (TPSA) is 236 Å². The number of aromatic nitrogens is 2. The first-order valence-corrected chi connectivity index (χ1v) is 7.24. The van der Waals surface area contributed by atoms with Gasteiger partial charge in [0.05, 0.1) is 20.5 Å². The van der Waals surface area contributed by atoms with Crippen molar-refractivity contribution in [2.24, 2.45) is 0 Å². The summed E-state index contributed by atoms with van der Waals surface area (Å²) >= 11 is 0. The van der Waals surface area contributed by atoms with E-state index in [0.29, 0.717) is 0 Å². The SMILES string of the molecule is [3H]C([3H])([3H])c1cn([C@H]2C[C@H](O)[C@@H](COP(=O)([O-])[O-])O2)c(=O)nc1N.[NH4+].[NH4+]. The molecule has 0 spiro atoms. The highest BCUT2D eigenvalue weighted by atomic mass is 31.2. The lowest BCUT2D eigenvalue weighted by Crippen LogP contribution is -2.30. The molecule has 1 aliphatic rings. The average Bonchev–Trinajstić information content (AvgIpc) is 2.75. The zero-order chi connectivity index (χ0) is 18.3. The molecule has 1 aromatic rings. The van der Waals surface area contributed by atoms with Gasteiger partial charge in [0.2, 0.25) is 0 Å². The van der Waals surface area contributed by atoms with E-state index in [4.69, 9.17) is 14.6 Å². The highest BCUT2D eigenvalue weighted by Gasteiger charge is 2.36. The van der Waals surface area contributed by atoms with Crippen LogP contribution in [-0.2, 0) is 13.8 Å². The van der Waals surface area contributed by atoms with Gasteiger partial charge in [-0.1, -0.05) is 0 Å². The van der Waals surface area contributed by atoms with Gasteiger partial charge in [-0.3, -0.25) is 4.57 Å². The standard InChI is InChI=1S/C10H16N3O7P.2H3N/c1-5-3-13(10(15)12-9(5)11)8-2-6(14)7(20-8)4-19-21(16,17)18;;/h3,6-8,14H,2,4H2,1H3,(H2,11,12,15)(H2,16,17,18);2*1H3/t6-,7+,8+;;/m0../s1/i1T3;;. The van der Waals surface area contributed by atoms with E-state index < -0.39 is 51.2 Å². The Kier molecular flexibility index (Phi) is 5.70. The van der Waals surface area contributed by atoms with E-state index in [1.54, 1.807) is 0 Å². The zero-order valence-electron chi connectivity index (χ0n) is 15.5. The van der Waals surface area contributed by atoms with Crippen molar-refractivity contribution in [1.82, 2.24) is 21.9 Å². The van der Waals surface area contributed by atoms with Gasteiger partial charge in [-0.15, -0.1) is 0 Å². The molecule has 3 atom stereocenters. The number of rotatable bonds is 4. The summed E-state index contributed by atoms with van der Waals surface area (Å²) in [6, 6.07) is 0. The highest BCUT2D eigenvalue weighted by molar-refractivity contribution is 7.43. The number of hydrogen-bond donors (Lipinski definition) is 4. The average molecular weight is 361 g/mol. The molecule has 0 aromatic carbocycles. The third-order valence-corrected chi connectivity index (χ3v) is 3.36. The Balaban J connectivity index is 0.00000312. The van der Waals surface area contributed by atoms with Gasteiger partial charge in [0.15, 0.2) is 0 Å². The summed E-state index contributed by atoms with van der Waals surface area (Å²) in [5.74, 6) is -0.451. The summed E-state index contributed by atoms with van der Waals surface area (Å²) in [5, 5.41) is 9.82. The summed E-state index contributed by atoms with van der Waals surface area (Å²) in [7, 11) is -5.25. The lowest BCUT2D eigenvalue weighted by Gasteiger charge is -2.30. The molecule has 0 radical (unpaired) electrons. The summed E-state index contributed by atoms with van der Waals surface area (Å²) in [5.41, 5.74) is 4.15. The van der Waals surface area contributed by atoms with Gasteiger partial charge in [0.1, 0.15) is 18.1 Å². The second kappa shape index (κ2) is 7.95. The van der Waals surface area contributed by atoms with Gasteiger partial charge >= 0.3 is 5.69 Å². The van der Waals surface area contributed by atoms with Gasteiger partial charge in [-0.05, 0) is 6.85 Å². The monoisotopic (exact) mass is 361 g/mol. The van der Waals surface area contributed by atoms with Crippen molar-refractivity contribution in [1.29, 1.82) is 0 Å². The molecule has 0 saturated carbocycles. The van der Waals surface area contributed by atoms with Crippen molar-refractivity contribution in [3.63, 3.8) is 0 Å². The van der Waals surface area contributed by atoms with Gasteiger partial charge in [0, 0.05) is 22.3 Å². The normalized spacial score (nSPS) is 26.4. The van der Waals surface area contributed by atoms with Crippen LogP contribution in [0.3, 0.4) is 0 Å². The van der Waals surface area contributed by atoms with Crippen LogP contribution in [0.1, 0.15) is 22.3 Å². The fourth-order valence-corrected chi connectivity index (χ4v) is 2.22. The van der Waals surface area contributed by atoms with Crippen LogP contribution in [0.4, 0.5) is 5.82 Å².